The highest BCUT2D eigenvalue weighted by Gasteiger charge is 2.51. The molecule has 1 aromatic rings. The van der Waals surface area contributed by atoms with Gasteiger partial charge in [-0.15, -0.1) is 0 Å². The van der Waals surface area contributed by atoms with E-state index in [9.17, 15) is 15.0 Å². The molecule has 3 unspecified atom stereocenters. The van der Waals surface area contributed by atoms with E-state index in [0.29, 0.717) is 29.0 Å². The van der Waals surface area contributed by atoms with Gasteiger partial charge in [0, 0.05) is 17.4 Å². The molecule has 0 aromatic heterocycles. The third kappa shape index (κ3) is 2.23. The van der Waals surface area contributed by atoms with Crippen LogP contribution in [0, 0.1) is 11.8 Å². The first-order valence-electron chi connectivity index (χ1n) is 8.69. The summed E-state index contributed by atoms with van der Waals surface area (Å²) in [5.41, 5.74) is 2.16. The van der Waals surface area contributed by atoms with Crippen molar-refractivity contribution in [1.29, 1.82) is 0 Å². The number of hydrogen-bond donors (Lipinski definition) is 2. The number of Topliss-reactive ketones (excluding diaryl/α,β-unsaturated/α-hetero) is 1. The van der Waals surface area contributed by atoms with Crippen molar-refractivity contribution in [3.05, 3.63) is 35.4 Å². The summed E-state index contributed by atoms with van der Waals surface area (Å²) < 4.78 is 5.39. The SMILES string of the molecule is C=C(C)c1c(O)c2c(c(O)c1OC)C1(C)CCC(C)C(=C)C1CC2=O. The van der Waals surface area contributed by atoms with E-state index >= 15 is 0 Å². The number of carbonyl (C=O) groups excluding carboxylic acids is 1. The van der Waals surface area contributed by atoms with Crippen LogP contribution in [-0.4, -0.2) is 23.1 Å². The summed E-state index contributed by atoms with van der Waals surface area (Å²) in [6, 6.07) is 0. The molecule has 0 saturated heterocycles. The fourth-order valence-corrected chi connectivity index (χ4v) is 4.70. The minimum atomic E-state index is -0.449. The molecule has 0 bridgehead atoms. The van der Waals surface area contributed by atoms with E-state index in [2.05, 4.69) is 27.0 Å². The lowest BCUT2D eigenvalue weighted by Crippen LogP contribution is -2.44. The van der Waals surface area contributed by atoms with Gasteiger partial charge in [-0.05, 0) is 37.2 Å². The topological polar surface area (TPSA) is 66.8 Å². The number of hydrogen-bond acceptors (Lipinski definition) is 4. The summed E-state index contributed by atoms with van der Waals surface area (Å²) in [5.74, 6) is 0.136. The van der Waals surface area contributed by atoms with Gasteiger partial charge in [-0.1, -0.05) is 32.6 Å². The second kappa shape index (κ2) is 5.65. The average molecular weight is 342 g/mol. The van der Waals surface area contributed by atoms with Crippen LogP contribution >= 0.6 is 0 Å². The van der Waals surface area contributed by atoms with Crippen LogP contribution in [0.25, 0.3) is 5.57 Å². The Morgan fingerprint density at radius 2 is 1.96 bits per heavy atom. The van der Waals surface area contributed by atoms with E-state index in [1.165, 1.54) is 7.11 Å². The maximum absolute atomic E-state index is 12.9. The predicted octanol–water partition coefficient (Wildman–Crippen LogP) is 4.59. The summed E-state index contributed by atoms with van der Waals surface area (Å²) in [6.07, 6.45) is 2.06. The number of carbonyl (C=O) groups is 1. The molecule has 0 radical (unpaired) electrons. The van der Waals surface area contributed by atoms with Gasteiger partial charge in [0.05, 0.1) is 18.2 Å². The summed E-state index contributed by atoms with van der Waals surface area (Å²) in [6.45, 7) is 14.0. The number of ketones is 1. The van der Waals surface area contributed by atoms with Crippen molar-refractivity contribution in [3.8, 4) is 17.2 Å². The molecule has 25 heavy (non-hydrogen) atoms. The van der Waals surface area contributed by atoms with Crippen LogP contribution in [0.15, 0.2) is 18.7 Å². The van der Waals surface area contributed by atoms with E-state index in [1.807, 2.05) is 0 Å². The fourth-order valence-electron chi connectivity index (χ4n) is 4.70. The van der Waals surface area contributed by atoms with Gasteiger partial charge in [0.25, 0.3) is 0 Å². The Morgan fingerprint density at radius 1 is 1.32 bits per heavy atom. The van der Waals surface area contributed by atoms with Crippen LogP contribution in [0.3, 0.4) is 0 Å². The van der Waals surface area contributed by atoms with Crippen molar-refractivity contribution in [2.75, 3.05) is 7.11 Å². The van der Waals surface area contributed by atoms with E-state index in [1.54, 1.807) is 6.92 Å². The Labute approximate surface area is 148 Å². The van der Waals surface area contributed by atoms with Gasteiger partial charge < -0.3 is 14.9 Å². The van der Waals surface area contributed by atoms with Gasteiger partial charge in [0.2, 0.25) is 0 Å². The van der Waals surface area contributed by atoms with Gasteiger partial charge in [0.1, 0.15) is 5.75 Å². The number of benzene rings is 1. The first kappa shape index (κ1) is 17.6. The molecule has 1 fully saturated rings. The number of rotatable bonds is 2. The standard InChI is InChI=1S/C21H26O4/c1-10(2)15-18(23)16-14(22)9-13-12(4)11(3)7-8-21(13,5)17(16)19(24)20(15)25-6/h11,13,23-24H,1,4,7-9H2,2-3,5-6H3. The molecule has 0 spiro atoms. The summed E-state index contributed by atoms with van der Waals surface area (Å²) in [5, 5.41) is 21.8. The Kier molecular flexibility index (Phi) is 3.98. The molecular weight excluding hydrogens is 316 g/mol. The molecule has 3 atom stereocenters. The van der Waals surface area contributed by atoms with E-state index in [0.717, 1.165) is 18.4 Å². The maximum atomic E-state index is 12.9. The van der Waals surface area contributed by atoms with Crippen molar-refractivity contribution >= 4 is 11.4 Å². The number of aromatic hydroxyl groups is 2. The molecule has 1 saturated carbocycles. The number of phenolic OH excluding ortho intramolecular Hbond substituents is 2. The molecule has 2 aliphatic rings. The molecule has 3 rings (SSSR count). The predicted molar refractivity (Wildman–Crippen MR) is 98.4 cm³/mol. The van der Waals surface area contributed by atoms with Crippen LogP contribution in [0.5, 0.6) is 17.2 Å². The van der Waals surface area contributed by atoms with Crippen LogP contribution in [-0.2, 0) is 5.41 Å². The first-order valence-corrected chi connectivity index (χ1v) is 8.69. The monoisotopic (exact) mass is 342 g/mol. The first-order chi connectivity index (χ1) is 11.6. The summed E-state index contributed by atoms with van der Waals surface area (Å²) in [7, 11) is 1.44. The largest absolute Gasteiger partial charge is 0.506 e. The Balaban J connectivity index is 2.38. The molecule has 4 nitrogen and oxygen atoms in total. The smallest absolute Gasteiger partial charge is 0.172 e. The van der Waals surface area contributed by atoms with Gasteiger partial charge in [-0.2, -0.15) is 0 Å². The molecule has 134 valence electrons. The highest BCUT2D eigenvalue weighted by Crippen LogP contribution is 2.60. The van der Waals surface area contributed by atoms with E-state index < -0.39 is 5.41 Å². The lowest BCUT2D eigenvalue weighted by Gasteiger charge is -2.49. The lowest BCUT2D eigenvalue weighted by molar-refractivity contribution is 0.0883. The number of methoxy groups -OCH3 is 1. The van der Waals surface area contributed by atoms with Crippen molar-refractivity contribution in [1.82, 2.24) is 0 Å². The third-order valence-electron chi connectivity index (χ3n) is 6.22. The normalized spacial score (nSPS) is 28.3. The van der Waals surface area contributed by atoms with Gasteiger partial charge in [-0.25, -0.2) is 0 Å². The van der Waals surface area contributed by atoms with Gasteiger partial charge in [-0.3, -0.25) is 4.79 Å². The highest BCUT2D eigenvalue weighted by atomic mass is 16.5. The summed E-state index contributed by atoms with van der Waals surface area (Å²) >= 11 is 0. The van der Waals surface area contributed by atoms with Gasteiger partial charge >= 0.3 is 0 Å². The lowest BCUT2D eigenvalue weighted by atomic mass is 9.54. The van der Waals surface area contributed by atoms with E-state index in [4.69, 9.17) is 4.74 Å². The van der Waals surface area contributed by atoms with Crippen molar-refractivity contribution in [3.63, 3.8) is 0 Å². The minimum absolute atomic E-state index is 0.0399. The zero-order valence-corrected chi connectivity index (χ0v) is 15.4. The zero-order valence-electron chi connectivity index (χ0n) is 15.4. The number of ether oxygens (including phenoxy) is 1. The minimum Gasteiger partial charge on any atom is -0.506 e. The van der Waals surface area contributed by atoms with Crippen molar-refractivity contribution < 1.29 is 19.7 Å². The van der Waals surface area contributed by atoms with Crippen molar-refractivity contribution in [2.24, 2.45) is 11.8 Å². The molecule has 0 amide bonds. The van der Waals surface area contributed by atoms with Crippen LogP contribution in [0.1, 0.15) is 61.5 Å². The van der Waals surface area contributed by atoms with Gasteiger partial charge in [0.15, 0.2) is 17.3 Å². The molecule has 1 aromatic carbocycles. The molecule has 0 aliphatic heterocycles. The highest BCUT2D eigenvalue weighted by molar-refractivity contribution is 6.05. The number of phenols is 2. The number of fused-ring (bicyclic) bond motifs is 3. The fraction of sp³-hybridized carbons (Fsp3) is 0.476. The van der Waals surface area contributed by atoms with Crippen molar-refractivity contribution in [2.45, 2.75) is 45.4 Å². The molecule has 4 heteroatoms. The number of allylic oxidation sites excluding steroid dienone is 2. The second-order valence-electron chi connectivity index (χ2n) is 7.75. The van der Waals surface area contributed by atoms with Crippen LogP contribution < -0.4 is 4.74 Å². The Morgan fingerprint density at radius 3 is 2.52 bits per heavy atom. The molecule has 2 aliphatic carbocycles. The Hall–Kier alpha value is -2.23. The zero-order chi connectivity index (χ0) is 18.7. The third-order valence-corrected chi connectivity index (χ3v) is 6.22. The molecule has 2 N–H and O–H groups in total. The maximum Gasteiger partial charge on any atom is 0.172 e. The van der Waals surface area contributed by atoms with Crippen LogP contribution in [0.2, 0.25) is 0 Å². The van der Waals surface area contributed by atoms with E-state index in [-0.39, 0.29) is 34.5 Å². The molecular formula is C21H26O4. The quantitative estimate of drug-likeness (QED) is 0.609. The Bertz CT molecular complexity index is 805. The second-order valence-corrected chi connectivity index (χ2v) is 7.75. The average Bonchev–Trinajstić information content (AvgIpc) is 2.55. The summed E-state index contributed by atoms with van der Waals surface area (Å²) in [4.78, 5) is 12.9. The van der Waals surface area contributed by atoms with Crippen LogP contribution in [0.4, 0.5) is 0 Å². The molecule has 0 heterocycles.